The predicted octanol–water partition coefficient (Wildman–Crippen LogP) is 2.37. The van der Waals surface area contributed by atoms with Crippen molar-refractivity contribution < 1.29 is 22.5 Å². The highest BCUT2D eigenvalue weighted by Gasteiger charge is 2.66. The third kappa shape index (κ3) is 2.24. The largest absolute Gasteiger partial charge is 0.498 e. The molecule has 22 heavy (non-hydrogen) atoms. The molecule has 1 aliphatic carbocycles. The molecule has 2 fully saturated rings. The molecule has 1 aromatic rings. The van der Waals surface area contributed by atoms with Gasteiger partial charge in [-0.2, -0.15) is 13.2 Å². The number of aromatic nitrogens is 2. The minimum Gasteiger partial charge on any atom is -0.399 e. The van der Waals surface area contributed by atoms with Crippen LogP contribution >= 0.6 is 0 Å². The third-order valence-corrected chi connectivity index (χ3v) is 4.92. The SMILES string of the molecule is CC1(C)OB(c2cnc(C3(C(F)(F)F)CC3)nc2)OC1(C)C. The van der Waals surface area contributed by atoms with Crippen LogP contribution in [0.5, 0.6) is 0 Å². The van der Waals surface area contributed by atoms with Crippen LogP contribution in [0, 0.1) is 0 Å². The summed E-state index contributed by atoms with van der Waals surface area (Å²) in [6.07, 6.45) is -1.47. The van der Waals surface area contributed by atoms with Crippen LogP contribution < -0.4 is 5.46 Å². The monoisotopic (exact) mass is 314 g/mol. The van der Waals surface area contributed by atoms with E-state index in [2.05, 4.69) is 9.97 Å². The summed E-state index contributed by atoms with van der Waals surface area (Å²) >= 11 is 0. The van der Waals surface area contributed by atoms with Crippen LogP contribution in [0.4, 0.5) is 13.2 Å². The van der Waals surface area contributed by atoms with Crippen molar-refractivity contribution in [3.63, 3.8) is 0 Å². The van der Waals surface area contributed by atoms with Crippen LogP contribution in [-0.2, 0) is 14.7 Å². The number of nitrogens with zero attached hydrogens (tertiary/aromatic N) is 2. The summed E-state index contributed by atoms with van der Waals surface area (Å²) in [6, 6.07) is 0. The zero-order valence-corrected chi connectivity index (χ0v) is 13.0. The standard InChI is InChI=1S/C14H18BF3N2O2/c1-11(2)12(3,4)22-15(21-11)9-7-19-10(20-8-9)13(5-6-13)14(16,17)18/h7-8H,5-6H2,1-4H3. The highest BCUT2D eigenvalue weighted by molar-refractivity contribution is 6.61. The summed E-state index contributed by atoms with van der Waals surface area (Å²) in [7, 11) is -0.667. The van der Waals surface area contributed by atoms with E-state index in [4.69, 9.17) is 9.31 Å². The van der Waals surface area contributed by atoms with E-state index in [-0.39, 0.29) is 18.7 Å². The van der Waals surface area contributed by atoms with E-state index in [1.165, 1.54) is 12.4 Å². The van der Waals surface area contributed by atoms with E-state index in [0.29, 0.717) is 5.46 Å². The first-order valence-corrected chi connectivity index (χ1v) is 7.23. The second kappa shape index (κ2) is 4.44. The Balaban J connectivity index is 1.82. The molecule has 8 heteroatoms. The number of rotatable bonds is 2. The van der Waals surface area contributed by atoms with Gasteiger partial charge in [-0.1, -0.05) is 0 Å². The fourth-order valence-electron chi connectivity index (χ4n) is 2.44. The third-order valence-electron chi connectivity index (χ3n) is 4.92. The fraction of sp³-hybridized carbons (Fsp3) is 0.714. The normalized spacial score (nSPS) is 25.3. The fourth-order valence-corrected chi connectivity index (χ4v) is 2.44. The van der Waals surface area contributed by atoms with Gasteiger partial charge in [0.05, 0.1) is 11.2 Å². The summed E-state index contributed by atoms with van der Waals surface area (Å²) < 4.78 is 50.8. The van der Waals surface area contributed by atoms with Crippen molar-refractivity contribution in [3.8, 4) is 0 Å². The van der Waals surface area contributed by atoms with Gasteiger partial charge < -0.3 is 9.31 Å². The number of alkyl halides is 3. The second-order valence-corrected chi connectivity index (χ2v) is 7.01. The molecule has 0 atom stereocenters. The van der Waals surface area contributed by atoms with Crippen LogP contribution in [0.3, 0.4) is 0 Å². The van der Waals surface area contributed by atoms with Gasteiger partial charge >= 0.3 is 13.3 Å². The minimum atomic E-state index is -4.31. The lowest BCUT2D eigenvalue weighted by molar-refractivity contribution is -0.162. The van der Waals surface area contributed by atoms with Crippen molar-refractivity contribution in [1.29, 1.82) is 0 Å². The molecule has 4 nitrogen and oxygen atoms in total. The topological polar surface area (TPSA) is 44.2 Å². The summed E-state index contributed by atoms with van der Waals surface area (Å²) in [6.45, 7) is 7.63. The lowest BCUT2D eigenvalue weighted by atomic mass is 9.81. The van der Waals surface area contributed by atoms with Gasteiger partial charge in [0.15, 0.2) is 0 Å². The molecule has 0 radical (unpaired) electrons. The average molecular weight is 314 g/mol. The molecule has 1 aliphatic heterocycles. The molecule has 3 rings (SSSR count). The van der Waals surface area contributed by atoms with E-state index >= 15 is 0 Å². The summed E-state index contributed by atoms with van der Waals surface area (Å²) in [5.74, 6) is -0.166. The molecule has 2 aliphatic rings. The molecule has 1 saturated heterocycles. The first-order valence-electron chi connectivity index (χ1n) is 7.23. The van der Waals surface area contributed by atoms with Crippen molar-refractivity contribution in [2.24, 2.45) is 0 Å². The Morgan fingerprint density at radius 2 is 1.45 bits per heavy atom. The van der Waals surface area contributed by atoms with Crippen LogP contribution in [0.1, 0.15) is 46.4 Å². The molecule has 120 valence electrons. The van der Waals surface area contributed by atoms with Gasteiger partial charge in [-0.15, -0.1) is 0 Å². The Kier molecular flexibility index (Phi) is 3.18. The number of hydrogen-bond acceptors (Lipinski definition) is 4. The summed E-state index contributed by atoms with van der Waals surface area (Å²) in [5.41, 5.74) is -2.36. The van der Waals surface area contributed by atoms with Crippen molar-refractivity contribution in [3.05, 3.63) is 18.2 Å². The first kappa shape index (κ1) is 15.7. The molecule has 2 heterocycles. The molecule has 0 spiro atoms. The average Bonchev–Trinajstić information content (AvgIpc) is 3.14. The van der Waals surface area contributed by atoms with Crippen molar-refractivity contribution in [2.45, 2.75) is 63.3 Å². The van der Waals surface area contributed by atoms with Gasteiger partial charge in [0.2, 0.25) is 0 Å². The Hall–Kier alpha value is -1.15. The summed E-state index contributed by atoms with van der Waals surface area (Å²) in [5, 5.41) is 0. The van der Waals surface area contributed by atoms with Crippen LogP contribution in [0.15, 0.2) is 12.4 Å². The van der Waals surface area contributed by atoms with Crippen molar-refractivity contribution >= 4 is 12.6 Å². The van der Waals surface area contributed by atoms with Gasteiger partial charge in [-0.25, -0.2) is 9.97 Å². The van der Waals surface area contributed by atoms with Crippen molar-refractivity contribution in [1.82, 2.24) is 9.97 Å². The van der Waals surface area contributed by atoms with Crippen LogP contribution in [-0.4, -0.2) is 34.5 Å². The maximum atomic E-state index is 13.1. The van der Waals surface area contributed by atoms with E-state index < -0.39 is 29.9 Å². The second-order valence-electron chi connectivity index (χ2n) is 7.01. The Labute approximate surface area is 127 Å². The highest BCUT2D eigenvalue weighted by atomic mass is 19.4. The molecule has 0 unspecified atom stereocenters. The summed E-state index contributed by atoms with van der Waals surface area (Å²) in [4.78, 5) is 7.86. The van der Waals surface area contributed by atoms with Gasteiger partial charge in [0.1, 0.15) is 11.2 Å². The smallest absolute Gasteiger partial charge is 0.399 e. The molecule has 0 aromatic carbocycles. The maximum absolute atomic E-state index is 13.1. The Morgan fingerprint density at radius 3 is 1.82 bits per heavy atom. The van der Waals surface area contributed by atoms with E-state index in [9.17, 15) is 13.2 Å². The molecule has 0 bridgehead atoms. The van der Waals surface area contributed by atoms with Gasteiger partial charge in [0.25, 0.3) is 0 Å². The van der Waals surface area contributed by atoms with Gasteiger partial charge in [-0.05, 0) is 40.5 Å². The highest BCUT2D eigenvalue weighted by Crippen LogP contribution is 2.57. The van der Waals surface area contributed by atoms with Crippen LogP contribution in [0.2, 0.25) is 0 Å². The molecular formula is C14H18BF3N2O2. The first-order chi connectivity index (χ1) is 9.99. The van der Waals surface area contributed by atoms with Crippen molar-refractivity contribution in [2.75, 3.05) is 0 Å². The zero-order valence-electron chi connectivity index (χ0n) is 13.0. The van der Waals surface area contributed by atoms with E-state index in [1.807, 2.05) is 27.7 Å². The molecule has 1 saturated carbocycles. The van der Waals surface area contributed by atoms with E-state index in [0.717, 1.165) is 0 Å². The van der Waals surface area contributed by atoms with Gasteiger partial charge in [0, 0.05) is 17.9 Å². The zero-order chi connectivity index (χ0) is 16.4. The lowest BCUT2D eigenvalue weighted by Gasteiger charge is -2.32. The minimum absolute atomic E-state index is 0.0480. The van der Waals surface area contributed by atoms with E-state index in [1.54, 1.807) is 0 Å². The Bertz CT molecular complexity index is 567. The number of halogens is 3. The van der Waals surface area contributed by atoms with Gasteiger partial charge in [-0.3, -0.25) is 0 Å². The quantitative estimate of drug-likeness (QED) is 0.786. The molecule has 0 N–H and O–H groups in total. The maximum Gasteiger partial charge on any atom is 0.498 e. The Morgan fingerprint density at radius 1 is 1.00 bits per heavy atom. The molecular weight excluding hydrogens is 296 g/mol. The molecule has 0 amide bonds. The van der Waals surface area contributed by atoms with Crippen LogP contribution in [0.25, 0.3) is 0 Å². The predicted molar refractivity (Wildman–Crippen MR) is 74.7 cm³/mol. The lowest BCUT2D eigenvalue weighted by Crippen LogP contribution is -2.41. The number of hydrogen-bond donors (Lipinski definition) is 0. The molecule has 1 aromatic heterocycles.